The Labute approximate surface area is 118 Å². The second-order valence-corrected chi connectivity index (χ2v) is 4.53. The zero-order valence-corrected chi connectivity index (χ0v) is 11.1. The maximum Gasteiger partial charge on any atom is 0.258 e. The smallest absolute Gasteiger partial charge is 0.258 e. The van der Waals surface area contributed by atoms with Crippen molar-refractivity contribution in [2.75, 3.05) is 5.32 Å². The van der Waals surface area contributed by atoms with E-state index < -0.39 is 17.7 Å². The molecule has 0 aliphatic rings. The number of aromatic carboxylic acids is 1. The summed E-state index contributed by atoms with van der Waals surface area (Å²) >= 11 is 5.59. The van der Waals surface area contributed by atoms with Crippen molar-refractivity contribution < 1.29 is 19.1 Å². The Kier molecular flexibility index (Phi) is 3.76. The first kappa shape index (κ1) is 14.1. The van der Waals surface area contributed by atoms with Gasteiger partial charge < -0.3 is 19.8 Å². The molecule has 0 spiro atoms. The van der Waals surface area contributed by atoms with E-state index in [0.717, 1.165) is 6.07 Å². The van der Waals surface area contributed by atoms with Crippen LogP contribution in [-0.2, 0) is 7.05 Å². The Balaban J connectivity index is 2.23. The monoisotopic (exact) mass is 295 g/mol. The second-order valence-electron chi connectivity index (χ2n) is 4.09. The summed E-state index contributed by atoms with van der Waals surface area (Å²) < 4.78 is 14.8. The van der Waals surface area contributed by atoms with Crippen LogP contribution in [0.1, 0.15) is 20.8 Å². The zero-order valence-electron chi connectivity index (χ0n) is 10.3. The number of carbonyl (C=O) groups is 2. The molecule has 2 aromatic rings. The number of halogens is 2. The van der Waals surface area contributed by atoms with Crippen molar-refractivity contribution in [2.45, 2.75) is 0 Å². The van der Waals surface area contributed by atoms with Crippen molar-refractivity contribution in [1.29, 1.82) is 0 Å². The van der Waals surface area contributed by atoms with E-state index in [4.69, 9.17) is 11.6 Å². The van der Waals surface area contributed by atoms with Gasteiger partial charge in [0, 0.05) is 18.3 Å². The molecule has 0 aliphatic heterocycles. The van der Waals surface area contributed by atoms with Crippen molar-refractivity contribution in [3.05, 3.63) is 52.6 Å². The third kappa shape index (κ3) is 2.80. The van der Waals surface area contributed by atoms with Crippen LogP contribution in [0.15, 0.2) is 30.5 Å². The molecule has 0 radical (unpaired) electrons. The van der Waals surface area contributed by atoms with E-state index in [-0.39, 0.29) is 22.0 Å². The molecular formula is C13H9ClFN2O3-. The van der Waals surface area contributed by atoms with Crippen molar-refractivity contribution in [3.63, 3.8) is 0 Å². The van der Waals surface area contributed by atoms with E-state index >= 15 is 0 Å². The minimum Gasteiger partial charge on any atom is -0.543 e. The highest BCUT2D eigenvalue weighted by Crippen LogP contribution is 2.17. The number of carboxylic acids is 1. The molecule has 1 aromatic carbocycles. The molecular weight excluding hydrogens is 287 g/mol. The van der Waals surface area contributed by atoms with Crippen molar-refractivity contribution in [1.82, 2.24) is 4.57 Å². The summed E-state index contributed by atoms with van der Waals surface area (Å²) in [6, 6.07) is 4.88. The first-order valence-corrected chi connectivity index (χ1v) is 5.90. The highest BCUT2D eigenvalue weighted by molar-refractivity contribution is 6.30. The lowest BCUT2D eigenvalue weighted by Gasteiger charge is -2.04. The van der Waals surface area contributed by atoms with Crippen molar-refractivity contribution in [3.8, 4) is 0 Å². The first-order chi connectivity index (χ1) is 9.38. The Hall–Kier alpha value is -2.34. The van der Waals surface area contributed by atoms with Crippen LogP contribution in [-0.4, -0.2) is 16.4 Å². The second kappa shape index (κ2) is 5.34. The Morgan fingerprint density at radius 1 is 1.35 bits per heavy atom. The van der Waals surface area contributed by atoms with Crippen LogP contribution in [0.4, 0.5) is 10.1 Å². The molecule has 104 valence electrons. The zero-order chi connectivity index (χ0) is 14.9. The van der Waals surface area contributed by atoms with E-state index in [0.29, 0.717) is 0 Å². The minimum atomic E-state index is -1.37. The van der Waals surface area contributed by atoms with Crippen molar-refractivity contribution in [2.24, 2.45) is 7.05 Å². The number of hydrogen-bond donors (Lipinski definition) is 1. The molecule has 0 bridgehead atoms. The highest BCUT2D eigenvalue weighted by Gasteiger charge is 2.13. The van der Waals surface area contributed by atoms with E-state index in [1.807, 2.05) is 0 Å². The molecule has 7 heteroatoms. The molecule has 1 heterocycles. The topological polar surface area (TPSA) is 74.2 Å². The number of aryl methyl sites for hydroxylation is 1. The van der Waals surface area contributed by atoms with Crippen LogP contribution in [0.2, 0.25) is 5.02 Å². The normalized spacial score (nSPS) is 10.3. The summed E-state index contributed by atoms with van der Waals surface area (Å²) in [4.78, 5) is 22.6. The van der Waals surface area contributed by atoms with Gasteiger partial charge in [-0.1, -0.05) is 11.6 Å². The molecule has 1 aromatic heterocycles. The van der Waals surface area contributed by atoms with Crippen LogP contribution in [0.25, 0.3) is 0 Å². The van der Waals surface area contributed by atoms with E-state index in [2.05, 4.69) is 5.32 Å². The average molecular weight is 296 g/mol. The fraction of sp³-hybridized carbons (Fsp3) is 0.0769. The van der Waals surface area contributed by atoms with Crippen molar-refractivity contribution >= 4 is 29.2 Å². The van der Waals surface area contributed by atoms with Crippen LogP contribution >= 0.6 is 11.6 Å². The number of carbonyl (C=O) groups excluding carboxylic acids is 2. The number of hydrogen-bond acceptors (Lipinski definition) is 3. The summed E-state index contributed by atoms with van der Waals surface area (Å²) in [5.74, 6) is -2.83. The predicted octanol–water partition coefficient (Wildman–Crippen LogP) is 1.43. The molecule has 5 nitrogen and oxygen atoms in total. The lowest BCUT2D eigenvalue weighted by molar-refractivity contribution is -0.255. The predicted molar refractivity (Wildman–Crippen MR) is 69.1 cm³/mol. The molecule has 0 fully saturated rings. The maximum absolute atomic E-state index is 13.6. The third-order valence-electron chi connectivity index (χ3n) is 2.65. The number of amides is 1. The molecule has 1 N–H and O–H groups in total. The molecule has 0 saturated heterocycles. The lowest BCUT2D eigenvalue weighted by Crippen LogP contribution is -2.24. The number of carboxylic acid groups (broad SMARTS) is 1. The van der Waals surface area contributed by atoms with Gasteiger partial charge in [-0.3, -0.25) is 4.79 Å². The van der Waals surface area contributed by atoms with Crippen LogP contribution in [0.3, 0.4) is 0 Å². The minimum absolute atomic E-state index is 0.100. The summed E-state index contributed by atoms with van der Waals surface area (Å²) in [6.07, 6.45) is 1.39. The number of aromatic nitrogens is 1. The van der Waals surface area contributed by atoms with Crippen LogP contribution in [0.5, 0.6) is 0 Å². The highest BCUT2D eigenvalue weighted by atomic mass is 35.5. The number of rotatable bonds is 3. The Morgan fingerprint density at radius 3 is 2.60 bits per heavy atom. The summed E-state index contributed by atoms with van der Waals surface area (Å²) in [5, 5.41) is 13.3. The fourth-order valence-electron chi connectivity index (χ4n) is 1.71. The molecule has 1 amide bonds. The first-order valence-electron chi connectivity index (χ1n) is 5.52. The summed E-state index contributed by atoms with van der Waals surface area (Å²) in [6.45, 7) is 0. The van der Waals surface area contributed by atoms with E-state index in [9.17, 15) is 19.1 Å². The van der Waals surface area contributed by atoms with Gasteiger partial charge in [-0.15, -0.1) is 0 Å². The summed E-state index contributed by atoms with van der Waals surface area (Å²) in [7, 11) is 1.49. The quantitative estimate of drug-likeness (QED) is 0.931. The average Bonchev–Trinajstić information content (AvgIpc) is 2.70. The van der Waals surface area contributed by atoms with Gasteiger partial charge in [0.05, 0.1) is 22.9 Å². The lowest BCUT2D eigenvalue weighted by atomic mass is 10.2. The largest absolute Gasteiger partial charge is 0.543 e. The molecule has 0 atom stereocenters. The Bertz CT molecular complexity index is 697. The number of nitrogens with zero attached hydrogens (tertiary/aromatic N) is 1. The molecule has 20 heavy (non-hydrogen) atoms. The molecule has 0 unspecified atom stereocenters. The van der Waals surface area contributed by atoms with Gasteiger partial charge in [0.1, 0.15) is 5.82 Å². The molecule has 0 aliphatic carbocycles. The van der Waals surface area contributed by atoms with Gasteiger partial charge in [-0.25, -0.2) is 4.39 Å². The molecule has 0 saturated carbocycles. The van der Waals surface area contributed by atoms with Gasteiger partial charge in [0.25, 0.3) is 5.91 Å². The maximum atomic E-state index is 13.6. The number of nitrogens with one attached hydrogen (secondary N) is 1. The number of anilines is 1. The summed E-state index contributed by atoms with van der Waals surface area (Å²) in [5.41, 5.74) is -0.0591. The SMILES string of the molecule is Cn1cc(NC(=O)c2ccc(Cl)cc2F)cc1C(=O)[O-]. The van der Waals surface area contributed by atoms with Gasteiger partial charge in [-0.05, 0) is 24.3 Å². The van der Waals surface area contributed by atoms with E-state index in [1.54, 1.807) is 0 Å². The van der Waals surface area contributed by atoms with Crippen LogP contribution < -0.4 is 10.4 Å². The van der Waals surface area contributed by atoms with E-state index in [1.165, 1.54) is 36.0 Å². The standard InChI is InChI=1S/C13H10ClFN2O3/c1-17-6-8(5-11(17)13(19)20)16-12(18)9-3-2-7(14)4-10(9)15/h2-6H,1H3,(H,16,18)(H,19,20)/p-1. The third-order valence-corrected chi connectivity index (χ3v) is 2.88. The molecule has 2 rings (SSSR count). The van der Waals surface area contributed by atoms with Gasteiger partial charge in [0.2, 0.25) is 0 Å². The van der Waals surface area contributed by atoms with Gasteiger partial charge >= 0.3 is 0 Å². The fourth-order valence-corrected chi connectivity index (χ4v) is 1.87. The number of benzene rings is 1. The Morgan fingerprint density at radius 2 is 2.05 bits per heavy atom. The van der Waals surface area contributed by atoms with Gasteiger partial charge in [0.15, 0.2) is 0 Å². The van der Waals surface area contributed by atoms with Crippen LogP contribution in [0, 0.1) is 5.82 Å². The van der Waals surface area contributed by atoms with Gasteiger partial charge in [-0.2, -0.15) is 0 Å².